The van der Waals surface area contributed by atoms with Crippen LogP contribution < -0.4 is 0 Å². The second-order valence-electron chi connectivity index (χ2n) is 3.64. The number of benzene rings is 1. The number of hydrogen-bond acceptors (Lipinski definition) is 2. The van der Waals surface area contributed by atoms with Gasteiger partial charge in [0, 0.05) is 18.4 Å². The van der Waals surface area contributed by atoms with Crippen LogP contribution in [0.5, 0.6) is 0 Å². The summed E-state index contributed by atoms with van der Waals surface area (Å²) in [6, 6.07) is 2.12. The maximum absolute atomic E-state index is 13.6. The molecule has 16 heavy (non-hydrogen) atoms. The highest BCUT2D eigenvalue weighted by atomic mass is 79.9. The van der Waals surface area contributed by atoms with Crippen molar-refractivity contribution in [3.8, 4) is 0 Å². The summed E-state index contributed by atoms with van der Waals surface area (Å²) in [5.74, 6) is -1.11. The summed E-state index contributed by atoms with van der Waals surface area (Å²) in [5.41, 5.74) is 0.105. The Hall–Kier alpha value is -0.810. The number of Topliss-reactive ketones (excluding diaryl/α,β-unsaturated/α-hetero) is 1. The monoisotopic (exact) mass is 290 g/mol. The molecule has 1 aliphatic rings. The van der Waals surface area contributed by atoms with Gasteiger partial charge in [0.1, 0.15) is 17.4 Å². The third kappa shape index (κ3) is 2.30. The topological polar surface area (TPSA) is 26.3 Å². The first-order valence-corrected chi connectivity index (χ1v) is 5.65. The molecule has 1 heterocycles. The molecular weight excluding hydrogens is 282 g/mol. The zero-order chi connectivity index (χ0) is 11.7. The average molecular weight is 291 g/mol. The van der Waals surface area contributed by atoms with Crippen molar-refractivity contribution in [3.05, 3.63) is 33.8 Å². The van der Waals surface area contributed by atoms with Gasteiger partial charge in [-0.3, -0.25) is 4.79 Å². The van der Waals surface area contributed by atoms with Gasteiger partial charge in [-0.05, 0) is 28.1 Å². The Morgan fingerprint density at radius 1 is 1.31 bits per heavy atom. The van der Waals surface area contributed by atoms with Crippen molar-refractivity contribution in [2.45, 2.75) is 18.9 Å². The van der Waals surface area contributed by atoms with E-state index in [1.807, 2.05) is 0 Å². The maximum Gasteiger partial charge on any atom is 0.138 e. The molecule has 1 saturated heterocycles. The molecule has 0 saturated carbocycles. The first-order valence-electron chi connectivity index (χ1n) is 4.85. The molecule has 2 rings (SSSR count). The summed E-state index contributed by atoms with van der Waals surface area (Å²) in [4.78, 5) is 11.2. The largest absolute Gasteiger partial charge is 0.372 e. The molecule has 1 fully saturated rings. The second kappa shape index (κ2) is 4.59. The minimum Gasteiger partial charge on any atom is -0.372 e. The lowest BCUT2D eigenvalue weighted by molar-refractivity contribution is -0.128. The quantitative estimate of drug-likeness (QED) is 0.743. The number of ether oxygens (including phenoxy) is 1. The molecule has 2 nitrogen and oxygen atoms in total. The van der Waals surface area contributed by atoms with Crippen LogP contribution in [0.25, 0.3) is 0 Å². The van der Waals surface area contributed by atoms with Gasteiger partial charge in [0.25, 0.3) is 0 Å². The second-order valence-corrected chi connectivity index (χ2v) is 4.49. The normalized spacial score (nSPS) is 21.2. The molecule has 86 valence electrons. The van der Waals surface area contributed by atoms with Gasteiger partial charge < -0.3 is 4.74 Å². The molecule has 0 bridgehead atoms. The fraction of sp³-hybridized carbons (Fsp3) is 0.364. The van der Waals surface area contributed by atoms with Gasteiger partial charge in [-0.15, -0.1) is 0 Å². The highest BCUT2D eigenvalue weighted by Crippen LogP contribution is 2.30. The van der Waals surface area contributed by atoms with E-state index < -0.39 is 17.7 Å². The Morgan fingerprint density at radius 2 is 2.06 bits per heavy atom. The van der Waals surface area contributed by atoms with Gasteiger partial charge in [-0.2, -0.15) is 0 Å². The Morgan fingerprint density at radius 3 is 2.75 bits per heavy atom. The fourth-order valence-electron chi connectivity index (χ4n) is 1.67. The smallest absolute Gasteiger partial charge is 0.138 e. The predicted molar refractivity (Wildman–Crippen MR) is 57.0 cm³/mol. The molecule has 5 heteroatoms. The zero-order valence-corrected chi connectivity index (χ0v) is 9.89. The van der Waals surface area contributed by atoms with Crippen molar-refractivity contribution in [2.75, 3.05) is 6.61 Å². The van der Waals surface area contributed by atoms with Crippen molar-refractivity contribution in [3.63, 3.8) is 0 Å². The first kappa shape index (κ1) is 11.7. The third-order valence-electron chi connectivity index (χ3n) is 2.50. The number of carbonyl (C=O) groups excluding carboxylic acids is 1. The van der Waals surface area contributed by atoms with Crippen LogP contribution in [0.3, 0.4) is 0 Å². The molecule has 1 aromatic rings. The molecule has 1 atom stereocenters. The van der Waals surface area contributed by atoms with Gasteiger partial charge >= 0.3 is 0 Å². The van der Waals surface area contributed by atoms with E-state index in [0.717, 1.165) is 12.1 Å². The molecule has 1 aromatic carbocycles. The molecule has 0 spiro atoms. The summed E-state index contributed by atoms with van der Waals surface area (Å²) in [6.07, 6.45) is -0.210. The zero-order valence-electron chi connectivity index (χ0n) is 8.30. The van der Waals surface area contributed by atoms with E-state index in [2.05, 4.69) is 15.9 Å². The Balaban J connectivity index is 2.32. The lowest BCUT2D eigenvalue weighted by atomic mass is 10.00. The number of carbonyl (C=O) groups is 1. The summed E-state index contributed by atoms with van der Waals surface area (Å²) in [5, 5.41) is 0. The Bertz CT molecular complexity index is 434. The van der Waals surface area contributed by atoms with E-state index in [1.54, 1.807) is 0 Å². The molecule has 1 unspecified atom stereocenters. The predicted octanol–water partition coefficient (Wildman–Crippen LogP) is 3.15. The summed E-state index contributed by atoms with van der Waals surface area (Å²) in [6.45, 7) is 0.265. The minimum absolute atomic E-state index is 0.0129. The molecule has 0 amide bonds. The average Bonchev–Trinajstić information content (AvgIpc) is 2.23. The van der Waals surface area contributed by atoms with Crippen LogP contribution in [0, 0.1) is 11.6 Å². The van der Waals surface area contributed by atoms with Crippen molar-refractivity contribution < 1.29 is 18.3 Å². The molecule has 0 radical (unpaired) electrons. The molecule has 1 aliphatic heterocycles. The van der Waals surface area contributed by atoms with Gasteiger partial charge in [0.05, 0.1) is 17.2 Å². The molecule has 0 aromatic heterocycles. The van der Waals surface area contributed by atoms with E-state index in [1.165, 1.54) is 0 Å². The summed E-state index contributed by atoms with van der Waals surface area (Å²) < 4.78 is 32.1. The number of rotatable bonds is 1. The fourth-order valence-corrected chi connectivity index (χ4v) is 1.98. The maximum atomic E-state index is 13.6. The van der Waals surface area contributed by atoms with E-state index in [0.29, 0.717) is 6.42 Å². The number of ketones is 1. The van der Waals surface area contributed by atoms with E-state index in [4.69, 9.17) is 4.74 Å². The van der Waals surface area contributed by atoms with Gasteiger partial charge in [-0.25, -0.2) is 8.78 Å². The first-order chi connectivity index (χ1) is 7.58. The number of hydrogen-bond donors (Lipinski definition) is 0. The lowest BCUT2D eigenvalue weighted by Gasteiger charge is -2.22. The van der Waals surface area contributed by atoms with Gasteiger partial charge in [0.15, 0.2) is 0 Å². The minimum atomic E-state index is -0.663. The van der Waals surface area contributed by atoms with Crippen molar-refractivity contribution in [1.29, 1.82) is 0 Å². The van der Waals surface area contributed by atoms with Crippen molar-refractivity contribution >= 4 is 21.7 Å². The summed E-state index contributed by atoms with van der Waals surface area (Å²) in [7, 11) is 0. The number of halogens is 3. The van der Waals surface area contributed by atoms with E-state index in [-0.39, 0.29) is 28.8 Å². The molecular formula is C11H9BrF2O2. The third-order valence-corrected chi connectivity index (χ3v) is 3.11. The van der Waals surface area contributed by atoms with E-state index in [9.17, 15) is 13.6 Å². The Labute approximate surface area is 99.7 Å². The van der Waals surface area contributed by atoms with Gasteiger partial charge in [-0.1, -0.05) is 0 Å². The van der Waals surface area contributed by atoms with Crippen LogP contribution in [0.15, 0.2) is 16.6 Å². The van der Waals surface area contributed by atoms with Crippen LogP contribution >= 0.6 is 15.9 Å². The van der Waals surface area contributed by atoms with Crippen LogP contribution in [0.2, 0.25) is 0 Å². The van der Waals surface area contributed by atoms with Crippen LogP contribution in [0.4, 0.5) is 8.78 Å². The summed E-state index contributed by atoms with van der Waals surface area (Å²) >= 11 is 2.89. The van der Waals surface area contributed by atoms with Crippen LogP contribution in [0.1, 0.15) is 24.5 Å². The van der Waals surface area contributed by atoms with Gasteiger partial charge in [0.2, 0.25) is 0 Å². The SMILES string of the molecule is O=C1CCOC(c2cc(F)c(Br)cc2F)C1. The van der Waals surface area contributed by atoms with Crippen LogP contribution in [-0.4, -0.2) is 12.4 Å². The van der Waals surface area contributed by atoms with Crippen molar-refractivity contribution in [2.24, 2.45) is 0 Å². The van der Waals surface area contributed by atoms with Crippen molar-refractivity contribution in [1.82, 2.24) is 0 Å². The highest BCUT2D eigenvalue weighted by Gasteiger charge is 2.25. The molecule has 0 N–H and O–H groups in total. The molecule has 0 aliphatic carbocycles. The standard InChI is InChI=1S/C11H9BrF2O2/c12-8-5-9(13)7(4-10(8)14)11-3-6(15)1-2-16-11/h4-5,11H,1-3H2. The highest BCUT2D eigenvalue weighted by molar-refractivity contribution is 9.10. The van der Waals surface area contributed by atoms with E-state index >= 15 is 0 Å². The van der Waals surface area contributed by atoms with Crippen LogP contribution in [-0.2, 0) is 9.53 Å². The Kier molecular flexibility index (Phi) is 3.35. The lowest BCUT2D eigenvalue weighted by Crippen LogP contribution is -2.20.